The van der Waals surface area contributed by atoms with E-state index in [2.05, 4.69) is 45.0 Å². The van der Waals surface area contributed by atoms with Crippen molar-refractivity contribution < 1.29 is 4.74 Å². The number of pyridine rings is 1. The van der Waals surface area contributed by atoms with Gasteiger partial charge in [0.05, 0.1) is 5.69 Å². The summed E-state index contributed by atoms with van der Waals surface area (Å²) < 4.78 is 5.48. The Morgan fingerprint density at radius 1 is 1.32 bits per heavy atom. The molecule has 0 N–H and O–H groups in total. The maximum atomic E-state index is 5.48. The first-order valence-corrected chi connectivity index (χ1v) is 7.27. The van der Waals surface area contributed by atoms with E-state index in [1.807, 2.05) is 0 Å². The second kappa shape index (κ2) is 6.49. The number of hydrogen-bond donors (Lipinski definition) is 0. The van der Waals surface area contributed by atoms with Crippen LogP contribution in [0.1, 0.15) is 42.6 Å². The van der Waals surface area contributed by atoms with E-state index in [9.17, 15) is 0 Å². The lowest BCUT2D eigenvalue weighted by Crippen LogP contribution is -2.23. The highest BCUT2D eigenvalue weighted by Gasteiger charge is 2.24. The van der Waals surface area contributed by atoms with E-state index in [1.54, 1.807) is 0 Å². The molecule has 0 amide bonds. The SMILES string of the molecule is Cc1ccc([C@H](C)C2CCOCC2)c(CN(C)C)n1. The molecule has 0 spiro atoms. The minimum atomic E-state index is 0.576. The highest BCUT2D eigenvalue weighted by atomic mass is 16.5. The molecule has 0 unspecified atom stereocenters. The second-order valence-electron chi connectivity index (χ2n) is 5.96. The molecule has 1 aromatic heterocycles. The Balaban J connectivity index is 2.21. The van der Waals surface area contributed by atoms with Crippen LogP contribution in [0.15, 0.2) is 12.1 Å². The molecule has 0 aromatic carbocycles. The summed E-state index contributed by atoms with van der Waals surface area (Å²) in [6.07, 6.45) is 2.35. The van der Waals surface area contributed by atoms with Gasteiger partial charge in [0.2, 0.25) is 0 Å². The zero-order valence-corrected chi connectivity index (χ0v) is 12.6. The van der Waals surface area contributed by atoms with Crippen molar-refractivity contribution in [2.24, 2.45) is 5.92 Å². The number of ether oxygens (including phenoxy) is 1. The zero-order valence-electron chi connectivity index (χ0n) is 12.6. The van der Waals surface area contributed by atoms with E-state index >= 15 is 0 Å². The first-order chi connectivity index (χ1) is 9.08. The Morgan fingerprint density at radius 3 is 2.63 bits per heavy atom. The molecule has 0 radical (unpaired) electrons. The highest BCUT2D eigenvalue weighted by molar-refractivity contribution is 5.27. The molecule has 1 saturated heterocycles. The van der Waals surface area contributed by atoms with Crippen molar-refractivity contribution in [2.75, 3.05) is 27.3 Å². The van der Waals surface area contributed by atoms with E-state index in [4.69, 9.17) is 9.72 Å². The van der Waals surface area contributed by atoms with Crippen LogP contribution in [0.25, 0.3) is 0 Å². The Labute approximate surface area is 117 Å². The molecule has 2 rings (SSSR count). The van der Waals surface area contributed by atoms with E-state index in [0.717, 1.165) is 31.4 Å². The van der Waals surface area contributed by atoms with Gasteiger partial charge in [0, 0.05) is 25.5 Å². The van der Waals surface area contributed by atoms with Gasteiger partial charge in [-0.25, -0.2) is 0 Å². The molecule has 1 aliphatic rings. The summed E-state index contributed by atoms with van der Waals surface area (Å²) in [4.78, 5) is 6.95. The van der Waals surface area contributed by atoms with Crippen LogP contribution in [0.5, 0.6) is 0 Å². The topological polar surface area (TPSA) is 25.4 Å². The average Bonchev–Trinajstić information content (AvgIpc) is 2.38. The van der Waals surface area contributed by atoms with Crippen LogP contribution >= 0.6 is 0 Å². The smallest absolute Gasteiger partial charge is 0.0581 e. The number of hydrogen-bond acceptors (Lipinski definition) is 3. The third-order valence-corrected chi connectivity index (χ3v) is 4.08. The van der Waals surface area contributed by atoms with Crippen molar-refractivity contribution in [1.29, 1.82) is 0 Å². The van der Waals surface area contributed by atoms with Crippen LogP contribution in [0, 0.1) is 12.8 Å². The lowest BCUT2D eigenvalue weighted by Gasteiger charge is -2.29. The van der Waals surface area contributed by atoms with Gasteiger partial charge in [0.25, 0.3) is 0 Å². The predicted octanol–water partition coefficient (Wildman–Crippen LogP) is 2.98. The van der Waals surface area contributed by atoms with Gasteiger partial charge in [0.15, 0.2) is 0 Å². The Kier molecular flexibility index (Phi) is 4.94. The predicted molar refractivity (Wildman–Crippen MR) is 78.3 cm³/mol. The Hall–Kier alpha value is -0.930. The van der Waals surface area contributed by atoms with Crippen LogP contribution in [0.3, 0.4) is 0 Å². The summed E-state index contributed by atoms with van der Waals surface area (Å²) >= 11 is 0. The molecule has 19 heavy (non-hydrogen) atoms. The van der Waals surface area contributed by atoms with E-state index in [1.165, 1.54) is 24.1 Å². The van der Waals surface area contributed by atoms with Gasteiger partial charge < -0.3 is 9.64 Å². The first kappa shape index (κ1) is 14.5. The van der Waals surface area contributed by atoms with Gasteiger partial charge in [0.1, 0.15) is 0 Å². The number of aromatic nitrogens is 1. The van der Waals surface area contributed by atoms with Gasteiger partial charge in [-0.15, -0.1) is 0 Å². The normalized spacial score (nSPS) is 18.8. The van der Waals surface area contributed by atoms with Gasteiger partial charge in [-0.1, -0.05) is 13.0 Å². The summed E-state index contributed by atoms with van der Waals surface area (Å²) in [6.45, 7) is 7.17. The Bertz CT molecular complexity index is 411. The Morgan fingerprint density at radius 2 is 2.00 bits per heavy atom. The van der Waals surface area contributed by atoms with Crippen molar-refractivity contribution in [3.63, 3.8) is 0 Å². The van der Waals surface area contributed by atoms with Gasteiger partial charge in [-0.3, -0.25) is 4.98 Å². The van der Waals surface area contributed by atoms with Gasteiger partial charge >= 0.3 is 0 Å². The fourth-order valence-electron chi connectivity index (χ4n) is 2.93. The van der Waals surface area contributed by atoms with Crippen LogP contribution in [0.2, 0.25) is 0 Å². The number of nitrogens with zero attached hydrogens (tertiary/aromatic N) is 2. The summed E-state index contributed by atoms with van der Waals surface area (Å²) in [5.74, 6) is 1.31. The van der Waals surface area contributed by atoms with Crippen molar-refractivity contribution in [3.05, 3.63) is 29.1 Å². The standard InChI is InChI=1S/C16H26N2O/c1-12-5-6-15(16(17-12)11-18(3)4)13(2)14-7-9-19-10-8-14/h5-6,13-14H,7-11H2,1-4H3/t13-/m1/s1. The lowest BCUT2D eigenvalue weighted by atomic mass is 9.82. The molecule has 0 aliphatic carbocycles. The maximum absolute atomic E-state index is 5.48. The van der Waals surface area contributed by atoms with Crippen LogP contribution in [0.4, 0.5) is 0 Å². The lowest BCUT2D eigenvalue weighted by molar-refractivity contribution is 0.0594. The summed E-state index contributed by atoms with van der Waals surface area (Å²) in [6, 6.07) is 4.42. The number of rotatable bonds is 4. The van der Waals surface area contributed by atoms with Crippen molar-refractivity contribution >= 4 is 0 Å². The third kappa shape index (κ3) is 3.77. The quantitative estimate of drug-likeness (QED) is 0.834. The van der Waals surface area contributed by atoms with Gasteiger partial charge in [-0.2, -0.15) is 0 Å². The molecule has 1 aromatic rings. The van der Waals surface area contributed by atoms with E-state index in [0.29, 0.717) is 5.92 Å². The van der Waals surface area contributed by atoms with Gasteiger partial charge in [-0.05, 0) is 57.3 Å². The summed E-state index contributed by atoms with van der Waals surface area (Å²) in [7, 11) is 4.21. The van der Waals surface area contributed by atoms with E-state index < -0.39 is 0 Å². The second-order valence-corrected chi connectivity index (χ2v) is 5.96. The van der Waals surface area contributed by atoms with Crippen molar-refractivity contribution in [2.45, 2.75) is 39.2 Å². The average molecular weight is 262 g/mol. The number of aryl methyl sites for hydroxylation is 1. The molecule has 3 nitrogen and oxygen atoms in total. The summed E-state index contributed by atoms with van der Waals surface area (Å²) in [5, 5.41) is 0. The minimum Gasteiger partial charge on any atom is -0.381 e. The minimum absolute atomic E-state index is 0.576. The fourth-order valence-corrected chi connectivity index (χ4v) is 2.93. The van der Waals surface area contributed by atoms with Crippen LogP contribution in [-0.4, -0.2) is 37.2 Å². The maximum Gasteiger partial charge on any atom is 0.0581 e. The molecule has 1 atom stereocenters. The largest absolute Gasteiger partial charge is 0.381 e. The summed E-state index contributed by atoms with van der Waals surface area (Å²) in [5.41, 5.74) is 3.77. The molecule has 1 fully saturated rings. The molecule has 1 aliphatic heterocycles. The van der Waals surface area contributed by atoms with Crippen molar-refractivity contribution in [3.8, 4) is 0 Å². The molecule has 3 heteroatoms. The monoisotopic (exact) mass is 262 g/mol. The van der Waals surface area contributed by atoms with Crippen LogP contribution < -0.4 is 0 Å². The third-order valence-electron chi connectivity index (χ3n) is 4.08. The first-order valence-electron chi connectivity index (χ1n) is 7.27. The molecular formula is C16H26N2O. The fraction of sp³-hybridized carbons (Fsp3) is 0.688. The molecule has 0 bridgehead atoms. The molecule has 106 valence electrons. The molecular weight excluding hydrogens is 236 g/mol. The molecule has 2 heterocycles. The van der Waals surface area contributed by atoms with Crippen molar-refractivity contribution in [1.82, 2.24) is 9.88 Å². The highest BCUT2D eigenvalue weighted by Crippen LogP contribution is 2.33. The van der Waals surface area contributed by atoms with E-state index in [-0.39, 0.29) is 0 Å². The van der Waals surface area contributed by atoms with Crippen LogP contribution in [-0.2, 0) is 11.3 Å². The molecule has 0 saturated carbocycles. The zero-order chi connectivity index (χ0) is 13.8.